The quantitative estimate of drug-likeness (QED) is 0.736. The number of unbranched alkanes of at least 4 members (excludes halogenated alkanes) is 1. The van der Waals surface area contributed by atoms with E-state index in [-0.39, 0.29) is 0 Å². The number of aromatic nitrogens is 2. The molecule has 4 heteroatoms. The van der Waals surface area contributed by atoms with E-state index in [1.54, 1.807) is 6.20 Å². The summed E-state index contributed by atoms with van der Waals surface area (Å²) in [6.45, 7) is 4.41. The second-order valence-electron chi connectivity index (χ2n) is 3.98. The van der Waals surface area contributed by atoms with Crippen LogP contribution in [0.2, 0.25) is 5.28 Å². The Bertz CT molecular complexity index is 304. The Morgan fingerprint density at radius 2 is 2.12 bits per heavy atom. The fourth-order valence-electron chi connectivity index (χ4n) is 1.71. The van der Waals surface area contributed by atoms with Crippen molar-refractivity contribution in [1.82, 2.24) is 9.97 Å². The van der Waals surface area contributed by atoms with Crippen LogP contribution in [0.4, 0.5) is 5.82 Å². The fraction of sp³-hybridized carbons (Fsp3) is 0.667. The second-order valence-corrected chi connectivity index (χ2v) is 4.32. The van der Waals surface area contributed by atoms with E-state index in [1.807, 2.05) is 6.07 Å². The van der Waals surface area contributed by atoms with Crippen molar-refractivity contribution in [3.63, 3.8) is 0 Å². The molecule has 0 aliphatic heterocycles. The highest BCUT2D eigenvalue weighted by atomic mass is 35.5. The van der Waals surface area contributed by atoms with Gasteiger partial charge < -0.3 is 5.32 Å². The number of anilines is 1. The van der Waals surface area contributed by atoms with E-state index in [4.69, 9.17) is 11.6 Å². The SMILES string of the molecule is CCCCC(CCC)Nc1ccnc(Cl)n1. The van der Waals surface area contributed by atoms with Crippen LogP contribution in [0, 0.1) is 0 Å². The highest BCUT2D eigenvalue weighted by molar-refractivity contribution is 6.28. The minimum atomic E-state index is 0.302. The first kappa shape index (κ1) is 13.2. The average Bonchev–Trinajstić information content (AvgIpc) is 2.26. The van der Waals surface area contributed by atoms with Gasteiger partial charge in [-0.05, 0) is 30.5 Å². The van der Waals surface area contributed by atoms with Gasteiger partial charge in [0.05, 0.1) is 0 Å². The molecule has 0 spiro atoms. The van der Waals surface area contributed by atoms with Gasteiger partial charge in [0.15, 0.2) is 0 Å². The zero-order valence-electron chi connectivity index (χ0n) is 10.0. The lowest BCUT2D eigenvalue weighted by molar-refractivity contribution is 0.563. The summed E-state index contributed by atoms with van der Waals surface area (Å²) in [5.41, 5.74) is 0. The summed E-state index contributed by atoms with van der Waals surface area (Å²) in [7, 11) is 0. The molecular formula is C12H20ClN3. The van der Waals surface area contributed by atoms with E-state index in [1.165, 1.54) is 32.1 Å². The second kappa shape index (κ2) is 7.44. The highest BCUT2D eigenvalue weighted by Crippen LogP contribution is 2.14. The summed E-state index contributed by atoms with van der Waals surface area (Å²) < 4.78 is 0. The van der Waals surface area contributed by atoms with Gasteiger partial charge in [-0.25, -0.2) is 9.97 Å². The maximum Gasteiger partial charge on any atom is 0.224 e. The van der Waals surface area contributed by atoms with Crippen LogP contribution in [-0.4, -0.2) is 16.0 Å². The lowest BCUT2D eigenvalue weighted by atomic mass is 10.1. The lowest BCUT2D eigenvalue weighted by Crippen LogP contribution is -2.19. The first-order chi connectivity index (χ1) is 7.76. The first-order valence-corrected chi connectivity index (χ1v) is 6.39. The molecule has 1 aromatic rings. The van der Waals surface area contributed by atoms with Crippen molar-refractivity contribution in [1.29, 1.82) is 0 Å². The van der Waals surface area contributed by atoms with Crippen LogP contribution in [0.1, 0.15) is 46.0 Å². The summed E-state index contributed by atoms with van der Waals surface area (Å²) in [5.74, 6) is 0.828. The molecular weight excluding hydrogens is 222 g/mol. The van der Waals surface area contributed by atoms with E-state index in [0.29, 0.717) is 11.3 Å². The fourth-order valence-corrected chi connectivity index (χ4v) is 1.86. The Kier molecular flexibility index (Phi) is 6.16. The normalized spacial score (nSPS) is 12.4. The monoisotopic (exact) mass is 241 g/mol. The Morgan fingerprint density at radius 1 is 1.31 bits per heavy atom. The van der Waals surface area contributed by atoms with E-state index < -0.39 is 0 Å². The van der Waals surface area contributed by atoms with E-state index in [2.05, 4.69) is 29.1 Å². The summed E-state index contributed by atoms with van der Waals surface area (Å²) in [6.07, 6.45) is 7.69. The van der Waals surface area contributed by atoms with Crippen LogP contribution in [0.15, 0.2) is 12.3 Å². The minimum absolute atomic E-state index is 0.302. The van der Waals surface area contributed by atoms with Crippen molar-refractivity contribution in [2.45, 2.75) is 52.0 Å². The molecule has 0 fully saturated rings. The van der Waals surface area contributed by atoms with Crippen LogP contribution in [0.5, 0.6) is 0 Å². The maximum absolute atomic E-state index is 5.75. The third-order valence-electron chi connectivity index (χ3n) is 2.52. The molecule has 90 valence electrons. The third-order valence-corrected chi connectivity index (χ3v) is 2.70. The van der Waals surface area contributed by atoms with Crippen molar-refractivity contribution in [3.8, 4) is 0 Å². The molecule has 1 N–H and O–H groups in total. The molecule has 0 saturated heterocycles. The van der Waals surface area contributed by atoms with Crippen molar-refractivity contribution in [3.05, 3.63) is 17.5 Å². The minimum Gasteiger partial charge on any atom is -0.367 e. The summed E-state index contributed by atoms with van der Waals surface area (Å²) >= 11 is 5.75. The molecule has 1 unspecified atom stereocenters. The third kappa shape index (κ3) is 4.79. The van der Waals surface area contributed by atoms with Gasteiger partial charge in [0, 0.05) is 12.2 Å². The lowest BCUT2D eigenvalue weighted by Gasteiger charge is -2.18. The Morgan fingerprint density at radius 3 is 2.75 bits per heavy atom. The van der Waals surface area contributed by atoms with Gasteiger partial charge in [-0.3, -0.25) is 0 Å². The molecule has 1 aromatic heterocycles. The van der Waals surface area contributed by atoms with Crippen LogP contribution < -0.4 is 5.32 Å². The van der Waals surface area contributed by atoms with Gasteiger partial charge in [0.1, 0.15) is 5.82 Å². The van der Waals surface area contributed by atoms with Gasteiger partial charge in [0.25, 0.3) is 0 Å². The van der Waals surface area contributed by atoms with Gasteiger partial charge in [-0.1, -0.05) is 33.1 Å². The number of hydrogen-bond acceptors (Lipinski definition) is 3. The molecule has 0 aromatic carbocycles. The molecule has 0 bridgehead atoms. The van der Waals surface area contributed by atoms with Gasteiger partial charge in [0.2, 0.25) is 5.28 Å². The largest absolute Gasteiger partial charge is 0.367 e. The predicted molar refractivity (Wildman–Crippen MR) is 68.9 cm³/mol. The molecule has 0 aliphatic carbocycles. The van der Waals surface area contributed by atoms with Crippen molar-refractivity contribution < 1.29 is 0 Å². The number of rotatable bonds is 7. The van der Waals surface area contributed by atoms with Gasteiger partial charge >= 0.3 is 0 Å². The predicted octanol–water partition coefficient (Wildman–Crippen LogP) is 3.90. The molecule has 0 radical (unpaired) electrons. The molecule has 1 heterocycles. The first-order valence-electron chi connectivity index (χ1n) is 6.01. The molecule has 0 saturated carbocycles. The van der Waals surface area contributed by atoms with Gasteiger partial charge in [-0.15, -0.1) is 0 Å². The van der Waals surface area contributed by atoms with Crippen molar-refractivity contribution >= 4 is 17.4 Å². The zero-order chi connectivity index (χ0) is 11.8. The number of hydrogen-bond donors (Lipinski definition) is 1. The van der Waals surface area contributed by atoms with Crippen LogP contribution in [0.3, 0.4) is 0 Å². The smallest absolute Gasteiger partial charge is 0.224 e. The van der Waals surface area contributed by atoms with Crippen LogP contribution in [-0.2, 0) is 0 Å². The Labute approximate surface area is 103 Å². The Balaban J connectivity index is 2.52. The zero-order valence-corrected chi connectivity index (χ0v) is 10.8. The molecule has 16 heavy (non-hydrogen) atoms. The summed E-state index contributed by atoms with van der Waals surface area (Å²) in [5, 5.41) is 3.72. The van der Waals surface area contributed by atoms with Gasteiger partial charge in [-0.2, -0.15) is 0 Å². The standard InChI is InChI=1S/C12H20ClN3/c1-3-5-7-10(6-4-2)15-11-8-9-14-12(13)16-11/h8-10H,3-7H2,1-2H3,(H,14,15,16). The Hall–Kier alpha value is -0.830. The summed E-state index contributed by atoms with van der Waals surface area (Å²) in [6, 6.07) is 2.36. The van der Waals surface area contributed by atoms with E-state index in [9.17, 15) is 0 Å². The van der Waals surface area contributed by atoms with Crippen LogP contribution in [0.25, 0.3) is 0 Å². The molecule has 0 amide bonds. The number of nitrogens with zero attached hydrogens (tertiary/aromatic N) is 2. The van der Waals surface area contributed by atoms with E-state index in [0.717, 1.165) is 5.82 Å². The molecule has 1 atom stereocenters. The molecule has 1 rings (SSSR count). The average molecular weight is 242 g/mol. The molecule has 3 nitrogen and oxygen atoms in total. The topological polar surface area (TPSA) is 37.8 Å². The van der Waals surface area contributed by atoms with Crippen molar-refractivity contribution in [2.24, 2.45) is 0 Å². The van der Waals surface area contributed by atoms with E-state index >= 15 is 0 Å². The number of halogens is 1. The van der Waals surface area contributed by atoms with Crippen LogP contribution >= 0.6 is 11.6 Å². The molecule has 0 aliphatic rings. The summed E-state index contributed by atoms with van der Waals surface area (Å²) in [4.78, 5) is 8.02. The highest BCUT2D eigenvalue weighted by Gasteiger charge is 2.07. The maximum atomic E-state index is 5.75. The van der Waals surface area contributed by atoms with Crippen molar-refractivity contribution in [2.75, 3.05) is 5.32 Å². The number of nitrogens with one attached hydrogen (secondary N) is 1.